The van der Waals surface area contributed by atoms with Crippen molar-refractivity contribution in [2.75, 3.05) is 12.4 Å². The van der Waals surface area contributed by atoms with Crippen molar-refractivity contribution < 1.29 is 9.53 Å². The highest BCUT2D eigenvalue weighted by atomic mass is 79.9. The second-order valence-corrected chi connectivity index (χ2v) is 5.06. The second-order valence-electron chi connectivity index (χ2n) is 4.20. The molecule has 3 N–H and O–H groups in total. The summed E-state index contributed by atoms with van der Waals surface area (Å²) in [5, 5.41) is 2.85. The molecule has 0 aromatic heterocycles. The molecule has 20 heavy (non-hydrogen) atoms. The highest BCUT2D eigenvalue weighted by Crippen LogP contribution is 2.23. The molecule has 0 aliphatic heterocycles. The highest BCUT2D eigenvalue weighted by molar-refractivity contribution is 9.10. The summed E-state index contributed by atoms with van der Waals surface area (Å²) >= 11 is 3.37. The third kappa shape index (κ3) is 3.37. The summed E-state index contributed by atoms with van der Waals surface area (Å²) in [5.74, 6) is 0.430. The molecule has 0 unspecified atom stereocenters. The molecule has 5 heteroatoms. The van der Waals surface area contributed by atoms with Gasteiger partial charge < -0.3 is 15.8 Å². The predicted molar refractivity (Wildman–Crippen MR) is 83.0 cm³/mol. The van der Waals surface area contributed by atoms with Crippen LogP contribution < -0.4 is 15.8 Å². The first-order chi connectivity index (χ1) is 9.63. The van der Waals surface area contributed by atoms with Gasteiger partial charge in [0.05, 0.1) is 12.7 Å². The molecule has 0 aliphatic rings. The lowest BCUT2D eigenvalue weighted by Gasteiger charge is -2.09. The van der Waals surface area contributed by atoms with E-state index in [1.54, 1.807) is 25.3 Å². The van der Waals surface area contributed by atoms with Crippen LogP contribution in [0.4, 0.5) is 5.69 Å². The number of carbonyl (C=O) groups is 1. The van der Waals surface area contributed by atoms with E-state index in [4.69, 9.17) is 10.5 Å². The molecule has 0 atom stereocenters. The van der Waals surface area contributed by atoms with Gasteiger partial charge >= 0.3 is 0 Å². The smallest absolute Gasteiger partial charge is 0.256 e. The maximum Gasteiger partial charge on any atom is 0.256 e. The minimum atomic E-state index is -0.204. The number of rotatable bonds is 4. The molecule has 0 saturated heterocycles. The molecule has 2 aromatic carbocycles. The molecule has 0 radical (unpaired) electrons. The van der Waals surface area contributed by atoms with Crippen LogP contribution in [-0.4, -0.2) is 13.0 Å². The van der Waals surface area contributed by atoms with Crippen molar-refractivity contribution in [3.8, 4) is 5.75 Å². The number of methoxy groups -OCH3 is 1. The second kappa shape index (κ2) is 6.54. The normalized spacial score (nSPS) is 10.2. The molecule has 0 bridgehead atoms. The molecule has 0 spiro atoms. The maximum atomic E-state index is 12.3. The van der Waals surface area contributed by atoms with Crippen LogP contribution in [0.5, 0.6) is 5.75 Å². The van der Waals surface area contributed by atoms with Gasteiger partial charge in [0.15, 0.2) is 0 Å². The number of hydrogen-bond donors (Lipinski definition) is 2. The highest BCUT2D eigenvalue weighted by Gasteiger charge is 2.11. The number of carbonyl (C=O) groups excluding carboxylic acids is 1. The monoisotopic (exact) mass is 334 g/mol. The predicted octanol–water partition coefficient (Wildman–Crippen LogP) is 3.17. The molecule has 4 nitrogen and oxygen atoms in total. The van der Waals surface area contributed by atoms with Crippen LogP contribution >= 0.6 is 15.9 Å². The van der Waals surface area contributed by atoms with E-state index in [-0.39, 0.29) is 5.91 Å². The van der Waals surface area contributed by atoms with E-state index in [1.165, 1.54) is 0 Å². The Morgan fingerprint density at radius 1 is 1.30 bits per heavy atom. The summed E-state index contributed by atoms with van der Waals surface area (Å²) in [6, 6.07) is 12.7. The zero-order chi connectivity index (χ0) is 14.5. The van der Waals surface area contributed by atoms with Gasteiger partial charge in [0.1, 0.15) is 5.75 Å². The number of nitrogens with one attached hydrogen (secondary N) is 1. The number of hydrogen-bond acceptors (Lipinski definition) is 3. The van der Waals surface area contributed by atoms with E-state index in [2.05, 4.69) is 21.2 Å². The Morgan fingerprint density at radius 3 is 2.80 bits per heavy atom. The van der Waals surface area contributed by atoms with Crippen LogP contribution in [-0.2, 0) is 6.54 Å². The summed E-state index contributed by atoms with van der Waals surface area (Å²) in [7, 11) is 1.57. The van der Waals surface area contributed by atoms with Gasteiger partial charge in [-0.3, -0.25) is 4.79 Å². The summed E-state index contributed by atoms with van der Waals surface area (Å²) in [6.45, 7) is 0.437. The van der Waals surface area contributed by atoms with Crippen molar-refractivity contribution >= 4 is 27.5 Å². The van der Waals surface area contributed by atoms with Crippen molar-refractivity contribution in [1.82, 2.24) is 0 Å². The molecule has 0 saturated carbocycles. The molecule has 0 heterocycles. The van der Waals surface area contributed by atoms with E-state index in [0.29, 0.717) is 28.0 Å². The van der Waals surface area contributed by atoms with Gasteiger partial charge in [0.25, 0.3) is 5.91 Å². The van der Waals surface area contributed by atoms with Crippen molar-refractivity contribution in [3.05, 3.63) is 58.1 Å². The fraction of sp³-hybridized carbons (Fsp3) is 0.133. The zero-order valence-electron chi connectivity index (χ0n) is 11.0. The first-order valence-corrected chi connectivity index (χ1v) is 6.87. The Kier molecular flexibility index (Phi) is 4.76. The van der Waals surface area contributed by atoms with E-state index >= 15 is 0 Å². The quantitative estimate of drug-likeness (QED) is 0.902. The number of ether oxygens (including phenoxy) is 1. The number of anilines is 1. The van der Waals surface area contributed by atoms with Gasteiger partial charge in [0, 0.05) is 16.7 Å². The Labute approximate surface area is 126 Å². The SMILES string of the molecule is COc1ccc(Br)c(C(=O)Nc2cccc(CN)c2)c1. The fourth-order valence-corrected chi connectivity index (χ4v) is 2.21. The van der Waals surface area contributed by atoms with Crippen molar-refractivity contribution in [1.29, 1.82) is 0 Å². The minimum absolute atomic E-state index is 0.204. The number of halogens is 1. The summed E-state index contributed by atoms with van der Waals surface area (Å²) in [4.78, 5) is 12.3. The van der Waals surface area contributed by atoms with E-state index < -0.39 is 0 Å². The standard InChI is InChI=1S/C15H15BrN2O2/c1-20-12-5-6-14(16)13(8-12)15(19)18-11-4-2-3-10(7-11)9-17/h2-8H,9,17H2,1H3,(H,18,19). The third-order valence-electron chi connectivity index (χ3n) is 2.84. The van der Waals surface area contributed by atoms with Crippen LogP contribution in [0.15, 0.2) is 46.9 Å². The fourth-order valence-electron chi connectivity index (χ4n) is 1.78. The lowest BCUT2D eigenvalue weighted by atomic mass is 10.1. The molecule has 104 valence electrons. The van der Waals surface area contributed by atoms with Gasteiger partial charge in [-0.1, -0.05) is 12.1 Å². The summed E-state index contributed by atoms with van der Waals surface area (Å²) < 4.78 is 5.84. The van der Waals surface area contributed by atoms with Gasteiger partial charge in [-0.15, -0.1) is 0 Å². The number of benzene rings is 2. The first kappa shape index (κ1) is 14.6. The average molecular weight is 335 g/mol. The Bertz CT molecular complexity index is 629. The first-order valence-electron chi connectivity index (χ1n) is 6.08. The van der Waals surface area contributed by atoms with Crippen molar-refractivity contribution in [2.24, 2.45) is 5.73 Å². The van der Waals surface area contributed by atoms with Crippen LogP contribution in [0, 0.1) is 0 Å². The lowest BCUT2D eigenvalue weighted by molar-refractivity contribution is 0.102. The van der Waals surface area contributed by atoms with Crippen molar-refractivity contribution in [2.45, 2.75) is 6.54 Å². The number of nitrogens with two attached hydrogens (primary N) is 1. The van der Waals surface area contributed by atoms with Crippen LogP contribution in [0.1, 0.15) is 15.9 Å². The van der Waals surface area contributed by atoms with Gasteiger partial charge in [-0.05, 0) is 51.8 Å². The van der Waals surface area contributed by atoms with Gasteiger partial charge in [0.2, 0.25) is 0 Å². The summed E-state index contributed by atoms with van der Waals surface area (Å²) in [5.41, 5.74) is 7.78. The molecule has 2 rings (SSSR count). The van der Waals surface area contributed by atoms with Gasteiger partial charge in [-0.2, -0.15) is 0 Å². The average Bonchev–Trinajstić information content (AvgIpc) is 2.47. The Morgan fingerprint density at radius 2 is 2.10 bits per heavy atom. The molecule has 0 fully saturated rings. The van der Waals surface area contributed by atoms with E-state index in [1.807, 2.05) is 24.3 Å². The largest absolute Gasteiger partial charge is 0.497 e. The number of amides is 1. The summed E-state index contributed by atoms with van der Waals surface area (Å²) in [6.07, 6.45) is 0. The zero-order valence-corrected chi connectivity index (χ0v) is 12.6. The van der Waals surface area contributed by atoms with Gasteiger partial charge in [-0.25, -0.2) is 0 Å². The van der Waals surface area contributed by atoms with Crippen LogP contribution in [0.25, 0.3) is 0 Å². The van der Waals surface area contributed by atoms with E-state index in [9.17, 15) is 4.79 Å². The third-order valence-corrected chi connectivity index (χ3v) is 3.53. The Balaban J connectivity index is 2.23. The van der Waals surface area contributed by atoms with Crippen molar-refractivity contribution in [3.63, 3.8) is 0 Å². The topological polar surface area (TPSA) is 64.3 Å². The molecular formula is C15H15BrN2O2. The van der Waals surface area contributed by atoms with Crippen LogP contribution in [0.2, 0.25) is 0 Å². The molecule has 1 amide bonds. The lowest BCUT2D eigenvalue weighted by Crippen LogP contribution is -2.13. The molecular weight excluding hydrogens is 320 g/mol. The van der Waals surface area contributed by atoms with E-state index in [0.717, 1.165) is 5.56 Å². The minimum Gasteiger partial charge on any atom is -0.497 e. The Hall–Kier alpha value is -1.85. The molecule has 2 aromatic rings. The van der Waals surface area contributed by atoms with Crippen LogP contribution in [0.3, 0.4) is 0 Å². The molecule has 0 aliphatic carbocycles. The maximum absolute atomic E-state index is 12.3.